The third kappa shape index (κ3) is 3.60. The second kappa shape index (κ2) is 7.21. The predicted octanol–water partition coefficient (Wildman–Crippen LogP) is 2.62. The molecule has 0 spiro atoms. The van der Waals surface area contributed by atoms with Gasteiger partial charge < -0.3 is 15.2 Å². The fraction of sp³-hybridized carbons (Fsp3) is 0.647. The Bertz CT molecular complexity index is 421. The zero-order valence-electron chi connectivity index (χ0n) is 12.7. The lowest BCUT2D eigenvalue weighted by molar-refractivity contribution is 0.0313. The summed E-state index contributed by atoms with van der Waals surface area (Å²) in [5.41, 5.74) is 1.67. The van der Waals surface area contributed by atoms with Gasteiger partial charge in [0.25, 0.3) is 0 Å². The SMILES string of the molecule is CCCCC(COC)NCC1(O)CCc2ccccc21. The predicted molar refractivity (Wildman–Crippen MR) is 81.9 cm³/mol. The van der Waals surface area contributed by atoms with Gasteiger partial charge in [-0.3, -0.25) is 0 Å². The van der Waals surface area contributed by atoms with E-state index in [1.165, 1.54) is 18.4 Å². The molecule has 1 aromatic rings. The van der Waals surface area contributed by atoms with Crippen molar-refractivity contribution in [1.82, 2.24) is 5.32 Å². The standard InChI is InChI=1S/C17H27NO2/c1-3-4-8-15(12-20-2)18-13-17(19)11-10-14-7-5-6-9-16(14)17/h5-7,9,15,18-19H,3-4,8,10-13H2,1-2H3. The molecule has 1 aliphatic carbocycles. The van der Waals surface area contributed by atoms with Gasteiger partial charge in [0, 0.05) is 19.7 Å². The van der Waals surface area contributed by atoms with Crippen molar-refractivity contribution in [2.24, 2.45) is 0 Å². The first-order valence-electron chi connectivity index (χ1n) is 7.72. The zero-order valence-corrected chi connectivity index (χ0v) is 12.7. The van der Waals surface area contributed by atoms with Crippen molar-refractivity contribution in [3.05, 3.63) is 35.4 Å². The fourth-order valence-electron chi connectivity index (χ4n) is 3.06. The molecule has 1 aromatic carbocycles. The van der Waals surface area contributed by atoms with E-state index in [1.807, 2.05) is 12.1 Å². The minimum atomic E-state index is -0.713. The second-order valence-corrected chi connectivity index (χ2v) is 5.86. The van der Waals surface area contributed by atoms with Gasteiger partial charge in [-0.05, 0) is 30.4 Å². The third-order valence-electron chi connectivity index (χ3n) is 4.28. The molecule has 0 fully saturated rings. The molecule has 1 aliphatic rings. The van der Waals surface area contributed by atoms with Crippen LogP contribution < -0.4 is 5.32 Å². The Labute approximate surface area is 122 Å². The van der Waals surface area contributed by atoms with Crippen molar-refractivity contribution < 1.29 is 9.84 Å². The number of benzene rings is 1. The summed E-state index contributed by atoms with van der Waals surface area (Å²) in [6.07, 6.45) is 5.26. The van der Waals surface area contributed by atoms with E-state index in [1.54, 1.807) is 7.11 Å². The number of aryl methyl sites for hydroxylation is 1. The molecule has 0 saturated carbocycles. The molecule has 0 saturated heterocycles. The number of unbranched alkanes of at least 4 members (excludes halogenated alkanes) is 1. The van der Waals surface area contributed by atoms with Crippen LogP contribution in [0.3, 0.4) is 0 Å². The van der Waals surface area contributed by atoms with Crippen LogP contribution in [0.25, 0.3) is 0 Å². The summed E-state index contributed by atoms with van der Waals surface area (Å²) < 4.78 is 5.27. The maximum atomic E-state index is 10.9. The minimum absolute atomic E-state index is 0.330. The molecule has 2 N–H and O–H groups in total. The van der Waals surface area contributed by atoms with E-state index in [0.717, 1.165) is 24.8 Å². The number of hydrogen-bond acceptors (Lipinski definition) is 3. The van der Waals surface area contributed by atoms with Gasteiger partial charge in [-0.1, -0.05) is 44.0 Å². The molecule has 3 heteroatoms. The number of nitrogens with one attached hydrogen (secondary N) is 1. The number of aliphatic hydroxyl groups is 1. The van der Waals surface area contributed by atoms with Crippen molar-refractivity contribution >= 4 is 0 Å². The highest BCUT2D eigenvalue weighted by Crippen LogP contribution is 2.36. The monoisotopic (exact) mass is 277 g/mol. The Balaban J connectivity index is 1.95. The maximum Gasteiger partial charge on any atom is 0.103 e. The molecule has 0 heterocycles. The highest BCUT2D eigenvalue weighted by atomic mass is 16.5. The van der Waals surface area contributed by atoms with Gasteiger partial charge >= 0.3 is 0 Å². The summed E-state index contributed by atoms with van der Waals surface area (Å²) in [5, 5.41) is 14.4. The van der Waals surface area contributed by atoms with Crippen LogP contribution in [0.15, 0.2) is 24.3 Å². The second-order valence-electron chi connectivity index (χ2n) is 5.86. The van der Waals surface area contributed by atoms with Crippen LogP contribution in [-0.4, -0.2) is 31.4 Å². The molecule has 0 amide bonds. The van der Waals surface area contributed by atoms with E-state index < -0.39 is 5.60 Å². The summed E-state index contributed by atoms with van der Waals surface area (Å²) in [5.74, 6) is 0. The van der Waals surface area contributed by atoms with E-state index in [0.29, 0.717) is 19.2 Å². The third-order valence-corrected chi connectivity index (χ3v) is 4.28. The minimum Gasteiger partial charge on any atom is -0.384 e. The van der Waals surface area contributed by atoms with Crippen LogP contribution in [0, 0.1) is 0 Å². The molecule has 2 rings (SSSR count). The van der Waals surface area contributed by atoms with E-state index in [-0.39, 0.29) is 0 Å². The Morgan fingerprint density at radius 3 is 2.95 bits per heavy atom. The Hall–Kier alpha value is -0.900. The summed E-state index contributed by atoms with van der Waals surface area (Å²) in [4.78, 5) is 0. The zero-order chi connectivity index (χ0) is 14.4. The van der Waals surface area contributed by atoms with E-state index in [2.05, 4.69) is 24.4 Å². The van der Waals surface area contributed by atoms with E-state index in [4.69, 9.17) is 4.74 Å². The molecule has 112 valence electrons. The first-order chi connectivity index (χ1) is 9.69. The van der Waals surface area contributed by atoms with Crippen molar-refractivity contribution in [1.29, 1.82) is 0 Å². The average molecular weight is 277 g/mol. The molecule has 2 atom stereocenters. The molecule has 0 aromatic heterocycles. The molecule has 2 unspecified atom stereocenters. The van der Waals surface area contributed by atoms with Gasteiger partial charge in [0.05, 0.1) is 6.61 Å². The van der Waals surface area contributed by atoms with Gasteiger partial charge in [-0.2, -0.15) is 0 Å². The van der Waals surface area contributed by atoms with Gasteiger partial charge in [0.2, 0.25) is 0 Å². The first-order valence-corrected chi connectivity index (χ1v) is 7.72. The molecular formula is C17H27NO2. The van der Waals surface area contributed by atoms with E-state index >= 15 is 0 Å². The first kappa shape index (κ1) is 15.5. The van der Waals surface area contributed by atoms with Gasteiger partial charge in [0.1, 0.15) is 5.60 Å². The summed E-state index contributed by atoms with van der Waals surface area (Å²) in [6, 6.07) is 8.57. The topological polar surface area (TPSA) is 41.5 Å². The number of rotatable bonds is 8. The smallest absolute Gasteiger partial charge is 0.103 e. The number of ether oxygens (including phenoxy) is 1. The number of methoxy groups -OCH3 is 1. The lowest BCUT2D eigenvalue weighted by Gasteiger charge is -2.28. The Morgan fingerprint density at radius 1 is 1.40 bits per heavy atom. The summed E-state index contributed by atoms with van der Waals surface area (Å²) in [6.45, 7) is 3.52. The number of fused-ring (bicyclic) bond motifs is 1. The van der Waals surface area contributed by atoms with Crippen molar-refractivity contribution in [2.45, 2.75) is 50.7 Å². The highest BCUT2D eigenvalue weighted by Gasteiger charge is 2.36. The maximum absolute atomic E-state index is 10.9. The molecular weight excluding hydrogens is 250 g/mol. The van der Waals surface area contributed by atoms with Crippen molar-refractivity contribution in [2.75, 3.05) is 20.3 Å². The Morgan fingerprint density at radius 2 is 2.20 bits per heavy atom. The van der Waals surface area contributed by atoms with E-state index in [9.17, 15) is 5.11 Å². The largest absolute Gasteiger partial charge is 0.384 e. The van der Waals surface area contributed by atoms with Crippen molar-refractivity contribution in [3.63, 3.8) is 0 Å². The van der Waals surface area contributed by atoms with Gasteiger partial charge in [0.15, 0.2) is 0 Å². The summed E-state index contributed by atoms with van der Waals surface area (Å²) >= 11 is 0. The average Bonchev–Trinajstić information content (AvgIpc) is 2.81. The molecule has 3 nitrogen and oxygen atoms in total. The molecule has 0 bridgehead atoms. The van der Waals surface area contributed by atoms with Gasteiger partial charge in [-0.25, -0.2) is 0 Å². The lowest BCUT2D eigenvalue weighted by atomic mass is 9.95. The van der Waals surface area contributed by atoms with Crippen LogP contribution in [0.2, 0.25) is 0 Å². The normalized spacial score (nSPS) is 22.8. The summed E-state index contributed by atoms with van der Waals surface area (Å²) in [7, 11) is 1.74. The molecule has 0 aliphatic heterocycles. The highest BCUT2D eigenvalue weighted by molar-refractivity contribution is 5.37. The Kier molecular flexibility index (Phi) is 5.58. The number of hydrogen-bond donors (Lipinski definition) is 2. The van der Waals surface area contributed by atoms with Crippen LogP contribution in [-0.2, 0) is 16.8 Å². The molecule has 20 heavy (non-hydrogen) atoms. The van der Waals surface area contributed by atoms with Gasteiger partial charge in [-0.15, -0.1) is 0 Å². The lowest BCUT2D eigenvalue weighted by Crippen LogP contribution is -2.43. The van der Waals surface area contributed by atoms with Crippen LogP contribution >= 0.6 is 0 Å². The van der Waals surface area contributed by atoms with Crippen LogP contribution in [0.5, 0.6) is 0 Å². The molecule has 0 radical (unpaired) electrons. The van der Waals surface area contributed by atoms with Crippen LogP contribution in [0.4, 0.5) is 0 Å². The van der Waals surface area contributed by atoms with Crippen LogP contribution in [0.1, 0.15) is 43.7 Å². The quantitative estimate of drug-likeness (QED) is 0.767. The fourth-order valence-corrected chi connectivity index (χ4v) is 3.06. The van der Waals surface area contributed by atoms with Crippen molar-refractivity contribution in [3.8, 4) is 0 Å².